The van der Waals surface area contributed by atoms with Crippen molar-refractivity contribution in [1.29, 1.82) is 0 Å². The van der Waals surface area contributed by atoms with E-state index in [4.69, 9.17) is 4.98 Å². The number of para-hydroxylation sites is 1. The molecule has 3 aromatic rings. The van der Waals surface area contributed by atoms with E-state index in [0.717, 1.165) is 56.0 Å². The summed E-state index contributed by atoms with van der Waals surface area (Å²) in [6.45, 7) is 6.66. The average Bonchev–Trinajstić information content (AvgIpc) is 2.76. The minimum Gasteiger partial charge on any atom is -0.353 e. The number of hydrogen-bond donors (Lipinski definition) is 0. The summed E-state index contributed by atoms with van der Waals surface area (Å²) in [5, 5.41) is 0. The van der Waals surface area contributed by atoms with Crippen molar-refractivity contribution in [3.8, 4) is 0 Å². The fourth-order valence-corrected chi connectivity index (χ4v) is 3.40. The Kier molecular flexibility index (Phi) is 5.14. The van der Waals surface area contributed by atoms with Crippen molar-refractivity contribution in [2.24, 2.45) is 0 Å². The molecule has 6 heteroatoms. The van der Waals surface area contributed by atoms with Crippen LogP contribution in [0.3, 0.4) is 0 Å². The SMILES string of the molecule is CCN(c1ccccc1)c1nccc(N2CCN(c3ccccn3)CC2)n1. The third-order valence-corrected chi connectivity index (χ3v) is 4.83. The maximum Gasteiger partial charge on any atom is 0.231 e. The zero-order valence-corrected chi connectivity index (χ0v) is 15.6. The Balaban J connectivity index is 1.48. The van der Waals surface area contributed by atoms with E-state index in [0.29, 0.717) is 0 Å². The first-order valence-corrected chi connectivity index (χ1v) is 9.41. The Hall–Kier alpha value is -3.15. The second-order valence-corrected chi connectivity index (χ2v) is 6.46. The van der Waals surface area contributed by atoms with Gasteiger partial charge in [0.25, 0.3) is 0 Å². The van der Waals surface area contributed by atoms with Gasteiger partial charge in [-0.25, -0.2) is 9.97 Å². The van der Waals surface area contributed by atoms with E-state index in [9.17, 15) is 0 Å². The molecular weight excluding hydrogens is 336 g/mol. The molecule has 0 amide bonds. The third kappa shape index (κ3) is 3.84. The maximum absolute atomic E-state index is 4.85. The van der Waals surface area contributed by atoms with Crippen LogP contribution in [-0.4, -0.2) is 47.7 Å². The van der Waals surface area contributed by atoms with Crippen molar-refractivity contribution in [3.05, 3.63) is 67.0 Å². The predicted octanol–water partition coefficient (Wildman–Crippen LogP) is 3.36. The topological polar surface area (TPSA) is 48.4 Å². The molecule has 6 nitrogen and oxygen atoms in total. The number of rotatable bonds is 5. The Morgan fingerprint density at radius 2 is 1.48 bits per heavy atom. The molecule has 0 atom stereocenters. The smallest absolute Gasteiger partial charge is 0.231 e. The molecule has 27 heavy (non-hydrogen) atoms. The molecule has 138 valence electrons. The van der Waals surface area contributed by atoms with Gasteiger partial charge in [0.2, 0.25) is 5.95 Å². The van der Waals surface area contributed by atoms with Gasteiger partial charge in [0.15, 0.2) is 0 Å². The lowest BCUT2D eigenvalue weighted by Gasteiger charge is -2.36. The fourth-order valence-electron chi connectivity index (χ4n) is 3.40. The summed E-state index contributed by atoms with van der Waals surface area (Å²) in [7, 11) is 0. The molecule has 0 bridgehead atoms. The fraction of sp³-hybridized carbons (Fsp3) is 0.286. The summed E-state index contributed by atoms with van der Waals surface area (Å²) >= 11 is 0. The molecule has 1 fully saturated rings. The van der Waals surface area contributed by atoms with Gasteiger partial charge in [-0.05, 0) is 37.3 Å². The molecule has 1 aliphatic rings. The van der Waals surface area contributed by atoms with Crippen LogP contribution < -0.4 is 14.7 Å². The molecular formula is C21H24N6. The van der Waals surface area contributed by atoms with E-state index in [1.807, 2.05) is 48.8 Å². The highest BCUT2D eigenvalue weighted by Gasteiger charge is 2.20. The molecule has 0 unspecified atom stereocenters. The first-order valence-electron chi connectivity index (χ1n) is 9.41. The summed E-state index contributed by atoms with van der Waals surface area (Å²) in [6.07, 6.45) is 3.70. The van der Waals surface area contributed by atoms with E-state index in [1.165, 1.54) is 0 Å². The predicted molar refractivity (Wildman–Crippen MR) is 110 cm³/mol. The number of hydrogen-bond acceptors (Lipinski definition) is 6. The van der Waals surface area contributed by atoms with Crippen LogP contribution in [-0.2, 0) is 0 Å². The highest BCUT2D eigenvalue weighted by atomic mass is 15.3. The van der Waals surface area contributed by atoms with Gasteiger partial charge in [0, 0.05) is 50.8 Å². The number of benzene rings is 1. The van der Waals surface area contributed by atoms with E-state index in [-0.39, 0.29) is 0 Å². The molecule has 0 N–H and O–H groups in total. The van der Waals surface area contributed by atoms with Crippen LogP contribution >= 0.6 is 0 Å². The lowest BCUT2D eigenvalue weighted by molar-refractivity contribution is 0.641. The standard InChI is InChI=1S/C21H24N6/c1-2-27(18-8-4-3-5-9-18)21-23-13-11-20(24-21)26-16-14-25(15-17-26)19-10-6-7-12-22-19/h3-13H,2,14-17H2,1H3. The molecule has 0 aliphatic carbocycles. The van der Waals surface area contributed by atoms with Gasteiger partial charge in [0.1, 0.15) is 11.6 Å². The second kappa shape index (κ2) is 8.03. The largest absolute Gasteiger partial charge is 0.353 e. The van der Waals surface area contributed by atoms with E-state index < -0.39 is 0 Å². The van der Waals surface area contributed by atoms with E-state index >= 15 is 0 Å². The molecule has 3 heterocycles. The van der Waals surface area contributed by atoms with Gasteiger partial charge >= 0.3 is 0 Å². The van der Waals surface area contributed by atoms with Crippen molar-refractivity contribution >= 4 is 23.3 Å². The van der Waals surface area contributed by atoms with Crippen molar-refractivity contribution in [1.82, 2.24) is 15.0 Å². The zero-order valence-electron chi connectivity index (χ0n) is 15.6. The van der Waals surface area contributed by atoms with Crippen LogP contribution in [0, 0.1) is 0 Å². The van der Waals surface area contributed by atoms with Crippen LogP contribution in [0.25, 0.3) is 0 Å². The highest BCUT2D eigenvalue weighted by Crippen LogP contribution is 2.24. The number of aromatic nitrogens is 3. The van der Waals surface area contributed by atoms with Gasteiger partial charge in [-0.2, -0.15) is 4.98 Å². The number of anilines is 4. The van der Waals surface area contributed by atoms with Crippen LogP contribution in [0.5, 0.6) is 0 Å². The first kappa shape index (κ1) is 17.3. The molecule has 0 spiro atoms. The Bertz CT molecular complexity index is 847. The van der Waals surface area contributed by atoms with Crippen molar-refractivity contribution in [3.63, 3.8) is 0 Å². The van der Waals surface area contributed by atoms with Gasteiger partial charge in [-0.15, -0.1) is 0 Å². The molecule has 0 saturated carbocycles. The van der Waals surface area contributed by atoms with E-state index in [1.54, 1.807) is 0 Å². The molecule has 0 radical (unpaired) electrons. The number of nitrogens with zero attached hydrogens (tertiary/aromatic N) is 6. The summed E-state index contributed by atoms with van der Waals surface area (Å²) in [4.78, 5) is 20.6. The van der Waals surface area contributed by atoms with Crippen molar-refractivity contribution in [2.45, 2.75) is 6.92 Å². The zero-order chi connectivity index (χ0) is 18.5. The minimum atomic E-state index is 0.744. The minimum absolute atomic E-state index is 0.744. The lowest BCUT2D eigenvalue weighted by Crippen LogP contribution is -2.47. The van der Waals surface area contributed by atoms with Crippen LogP contribution in [0.1, 0.15) is 6.92 Å². The van der Waals surface area contributed by atoms with Crippen molar-refractivity contribution in [2.75, 3.05) is 47.4 Å². The molecule has 1 aromatic carbocycles. The Labute approximate surface area is 160 Å². The molecule has 1 aliphatic heterocycles. The van der Waals surface area contributed by atoms with Crippen LogP contribution in [0.15, 0.2) is 67.0 Å². The number of piperazine rings is 1. The average molecular weight is 360 g/mol. The Morgan fingerprint density at radius 1 is 0.778 bits per heavy atom. The van der Waals surface area contributed by atoms with Crippen LogP contribution in [0.4, 0.5) is 23.3 Å². The van der Waals surface area contributed by atoms with Crippen molar-refractivity contribution < 1.29 is 0 Å². The summed E-state index contributed by atoms with van der Waals surface area (Å²) in [5.41, 5.74) is 1.11. The summed E-state index contributed by atoms with van der Waals surface area (Å²) in [5.74, 6) is 2.77. The van der Waals surface area contributed by atoms with Gasteiger partial charge in [-0.1, -0.05) is 24.3 Å². The van der Waals surface area contributed by atoms with Gasteiger partial charge in [-0.3, -0.25) is 0 Å². The molecule has 4 rings (SSSR count). The molecule has 1 saturated heterocycles. The number of pyridine rings is 1. The second-order valence-electron chi connectivity index (χ2n) is 6.46. The quantitative estimate of drug-likeness (QED) is 0.695. The van der Waals surface area contributed by atoms with Gasteiger partial charge in [0.05, 0.1) is 0 Å². The lowest BCUT2D eigenvalue weighted by atomic mass is 10.3. The molecule has 2 aromatic heterocycles. The third-order valence-electron chi connectivity index (χ3n) is 4.83. The van der Waals surface area contributed by atoms with Gasteiger partial charge < -0.3 is 14.7 Å². The summed E-state index contributed by atoms with van der Waals surface area (Å²) < 4.78 is 0. The highest BCUT2D eigenvalue weighted by molar-refractivity contribution is 5.58. The normalized spacial score (nSPS) is 14.3. The first-order chi connectivity index (χ1) is 13.3. The summed E-state index contributed by atoms with van der Waals surface area (Å²) in [6, 6.07) is 18.3. The monoisotopic (exact) mass is 360 g/mol. The van der Waals surface area contributed by atoms with E-state index in [2.05, 4.69) is 49.8 Å². The Morgan fingerprint density at radius 3 is 2.15 bits per heavy atom. The maximum atomic E-state index is 4.85. The van der Waals surface area contributed by atoms with Crippen LogP contribution in [0.2, 0.25) is 0 Å².